The van der Waals surface area contributed by atoms with E-state index in [0.717, 1.165) is 0 Å². The lowest BCUT2D eigenvalue weighted by Gasteiger charge is -2.20. The lowest BCUT2D eigenvalue weighted by Crippen LogP contribution is -2.14. The van der Waals surface area contributed by atoms with Gasteiger partial charge in [0.15, 0.2) is 5.40 Å². The van der Waals surface area contributed by atoms with Crippen LogP contribution in [0.3, 0.4) is 0 Å². The first-order chi connectivity index (χ1) is 6.55. The van der Waals surface area contributed by atoms with Crippen LogP contribution in [0.5, 0.6) is 0 Å². The topological polar surface area (TPSA) is 128 Å². The Morgan fingerprint density at radius 3 is 1.93 bits per heavy atom. The molecule has 90 valence electrons. The van der Waals surface area contributed by atoms with E-state index in [-0.39, 0.29) is 12.8 Å². The van der Waals surface area contributed by atoms with E-state index in [9.17, 15) is 9.13 Å². The molecule has 1 fully saturated rings. The fraction of sp³-hybridized carbons (Fsp3) is 1.00. The first-order valence-electron chi connectivity index (χ1n) is 4.29. The third-order valence-corrected chi connectivity index (χ3v) is 6.22. The molecule has 0 amide bonds. The van der Waals surface area contributed by atoms with Gasteiger partial charge in [0.05, 0.1) is 12.2 Å². The van der Waals surface area contributed by atoms with Gasteiger partial charge in [-0.25, -0.2) is 0 Å². The van der Waals surface area contributed by atoms with E-state index >= 15 is 0 Å². The van der Waals surface area contributed by atoms with Gasteiger partial charge in [0.2, 0.25) is 0 Å². The van der Waals surface area contributed by atoms with Crippen molar-refractivity contribution in [2.75, 3.05) is 6.61 Å². The molecule has 1 aliphatic heterocycles. The average Bonchev–Trinajstić information content (AvgIpc) is 2.62. The molecule has 0 radical (unpaired) electrons. The Morgan fingerprint density at radius 2 is 1.67 bits per heavy atom. The molecule has 9 heteroatoms. The van der Waals surface area contributed by atoms with Gasteiger partial charge in [-0.1, -0.05) is 0 Å². The number of ether oxygens (including phenoxy) is 1. The van der Waals surface area contributed by atoms with Crippen molar-refractivity contribution in [3.63, 3.8) is 0 Å². The molecule has 1 rings (SSSR count). The monoisotopic (exact) mass is 260 g/mol. The quantitative estimate of drug-likeness (QED) is 0.411. The van der Waals surface area contributed by atoms with E-state index in [4.69, 9.17) is 24.3 Å². The molecule has 0 aromatic heterocycles. The van der Waals surface area contributed by atoms with Crippen LogP contribution in [0.2, 0.25) is 0 Å². The molecule has 0 aliphatic carbocycles. The first kappa shape index (κ1) is 13.3. The largest absolute Gasteiger partial charge is 0.370 e. The Kier molecular flexibility index (Phi) is 3.49. The first-order valence-corrected chi connectivity index (χ1v) is 7.65. The van der Waals surface area contributed by atoms with Gasteiger partial charge in [0.1, 0.15) is 0 Å². The lowest BCUT2D eigenvalue weighted by atomic mass is 10.1. The third kappa shape index (κ3) is 3.96. The molecule has 0 aromatic carbocycles. The molecule has 0 bridgehead atoms. The van der Waals surface area contributed by atoms with Crippen molar-refractivity contribution in [2.24, 2.45) is 0 Å². The number of hydrogen-bond donors (Lipinski definition) is 4. The highest BCUT2D eigenvalue weighted by Gasteiger charge is 2.47. The van der Waals surface area contributed by atoms with Gasteiger partial charge >= 0.3 is 15.2 Å². The summed E-state index contributed by atoms with van der Waals surface area (Å²) in [6.45, 7) is 2.19. The highest BCUT2D eigenvalue weighted by Crippen LogP contribution is 2.62. The highest BCUT2D eigenvalue weighted by atomic mass is 31.2. The lowest BCUT2D eigenvalue weighted by molar-refractivity contribution is 0.294. The smallest absolute Gasteiger partial charge is 0.340 e. The zero-order valence-corrected chi connectivity index (χ0v) is 9.90. The molecule has 4 N–H and O–H groups in total. The summed E-state index contributed by atoms with van der Waals surface area (Å²) >= 11 is 0. The maximum Gasteiger partial charge on any atom is 0.340 e. The minimum atomic E-state index is -4.77. The fourth-order valence-corrected chi connectivity index (χ4v) is 3.73. The van der Waals surface area contributed by atoms with Crippen LogP contribution in [0.15, 0.2) is 0 Å². The highest BCUT2D eigenvalue weighted by molar-refractivity contribution is 7.70. The van der Waals surface area contributed by atoms with Crippen molar-refractivity contribution < 1.29 is 33.4 Å². The Hall–Kier alpha value is 0.260. The van der Waals surface area contributed by atoms with Crippen LogP contribution >= 0.6 is 15.2 Å². The molecule has 7 nitrogen and oxygen atoms in total. The van der Waals surface area contributed by atoms with Gasteiger partial charge in [0.25, 0.3) is 0 Å². The van der Waals surface area contributed by atoms with Crippen LogP contribution in [-0.2, 0) is 13.9 Å². The van der Waals surface area contributed by atoms with E-state index in [1.807, 2.05) is 0 Å². The van der Waals surface area contributed by atoms with Crippen molar-refractivity contribution in [3.8, 4) is 0 Å². The van der Waals surface area contributed by atoms with Gasteiger partial charge in [-0.2, -0.15) is 0 Å². The molecule has 1 saturated heterocycles. The summed E-state index contributed by atoms with van der Waals surface area (Å²) in [4.78, 5) is 35.2. The van der Waals surface area contributed by atoms with Gasteiger partial charge in [0, 0.05) is 0 Å². The van der Waals surface area contributed by atoms with Crippen LogP contribution in [0, 0.1) is 0 Å². The predicted molar refractivity (Wildman–Crippen MR) is 51.5 cm³/mol. The van der Waals surface area contributed by atoms with E-state index in [1.54, 1.807) is 6.92 Å². The minimum Gasteiger partial charge on any atom is -0.370 e. The standard InChI is InChI=1S/C6H14O7P2/c1-6(4-13-6)3-2-5(14(7,8)9)15(10,11)12/h5H,2-4H2,1H3,(H2,7,8,9)(H2,10,11,12). The molecule has 1 aliphatic rings. The second-order valence-corrected chi connectivity index (χ2v) is 7.95. The average molecular weight is 260 g/mol. The molecule has 0 aromatic rings. The Labute approximate surface area is 86.8 Å². The van der Waals surface area contributed by atoms with Gasteiger partial charge in [-0.05, 0) is 19.8 Å². The maximum atomic E-state index is 10.9. The summed E-state index contributed by atoms with van der Waals surface area (Å²) in [5, 5.41) is -1.91. The summed E-state index contributed by atoms with van der Waals surface area (Å²) in [6.07, 6.45) is -0.0149. The number of hydrogen-bond acceptors (Lipinski definition) is 3. The van der Waals surface area contributed by atoms with Crippen molar-refractivity contribution in [1.29, 1.82) is 0 Å². The zero-order valence-electron chi connectivity index (χ0n) is 8.11. The predicted octanol–water partition coefficient (Wildman–Crippen LogP) is 0.237. The second-order valence-electron chi connectivity index (χ2n) is 3.94. The molecule has 1 unspecified atom stereocenters. The molecular formula is C6H14O7P2. The van der Waals surface area contributed by atoms with Gasteiger partial charge in [-0.3, -0.25) is 9.13 Å². The second kappa shape index (κ2) is 3.93. The molecule has 15 heavy (non-hydrogen) atoms. The van der Waals surface area contributed by atoms with Crippen molar-refractivity contribution >= 4 is 15.2 Å². The van der Waals surface area contributed by atoms with Crippen LogP contribution < -0.4 is 0 Å². The van der Waals surface area contributed by atoms with Crippen LogP contribution in [0.4, 0.5) is 0 Å². The van der Waals surface area contributed by atoms with Crippen molar-refractivity contribution in [1.82, 2.24) is 0 Å². The minimum absolute atomic E-state index is 0.230. The van der Waals surface area contributed by atoms with E-state index < -0.39 is 26.2 Å². The molecule has 1 atom stereocenters. The molecule has 0 spiro atoms. The van der Waals surface area contributed by atoms with Crippen LogP contribution in [0.25, 0.3) is 0 Å². The third-order valence-electron chi connectivity index (χ3n) is 2.35. The summed E-state index contributed by atoms with van der Waals surface area (Å²) in [5.41, 5.74) is -0.470. The summed E-state index contributed by atoms with van der Waals surface area (Å²) in [6, 6.07) is 0. The van der Waals surface area contributed by atoms with Crippen molar-refractivity contribution in [3.05, 3.63) is 0 Å². The summed E-state index contributed by atoms with van der Waals surface area (Å²) < 4.78 is 26.7. The SMILES string of the molecule is CC1(CCC(P(=O)(O)O)P(=O)(O)O)CO1. The Balaban J connectivity index is 2.66. The van der Waals surface area contributed by atoms with Crippen LogP contribution in [-0.4, -0.2) is 37.2 Å². The van der Waals surface area contributed by atoms with Crippen LogP contribution in [0.1, 0.15) is 19.8 Å². The molecule has 1 heterocycles. The van der Waals surface area contributed by atoms with Crippen molar-refractivity contribution in [2.45, 2.75) is 30.8 Å². The summed E-state index contributed by atoms with van der Waals surface area (Å²) in [7, 11) is -9.55. The van der Waals surface area contributed by atoms with E-state index in [2.05, 4.69) is 0 Å². The number of rotatable bonds is 5. The Bertz CT molecular complexity index is 302. The van der Waals surface area contributed by atoms with E-state index in [0.29, 0.717) is 6.61 Å². The summed E-state index contributed by atoms with van der Waals surface area (Å²) in [5.74, 6) is 0. The fourth-order valence-electron chi connectivity index (χ4n) is 1.23. The Morgan fingerprint density at radius 1 is 1.27 bits per heavy atom. The number of epoxide rings is 1. The molecule has 0 saturated carbocycles. The normalized spacial score (nSPS) is 27.1. The molecular weight excluding hydrogens is 246 g/mol. The van der Waals surface area contributed by atoms with Gasteiger partial charge in [-0.15, -0.1) is 0 Å². The van der Waals surface area contributed by atoms with E-state index in [1.165, 1.54) is 0 Å². The van der Waals surface area contributed by atoms with Gasteiger partial charge < -0.3 is 24.3 Å². The zero-order chi connectivity index (χ0) is 11.9. The maximum absolute atomic E-state index is 10.9.